The summed E-state index contributed by atoms with van der Waals surface area (Å²) in [5, 5.41) is 0. The van der Waals surface area contributed by atoms with Crippen molar-refractivity contribution in [1.82, 2.24) is 0 Å². The van der Waals surface area contributed by atoms with Crippen LogP contribution in [0.4, 0.5) is 0 Å². The van der Waals surface area contributed by atoms with Gasteiger partial charge in [-0.25, -0.2) is 0 Å². The summed E-state index contributed by atoms with van der Waals surface area (Å²) in [5.41, 5.74) is 0. The third kappa shape index (κ3) is 64.1. The number of carbonyl (C=O) groups excluding carboxylic acids is 2. The van der Waals surface area contributed by atoms with Crippen LogP contribution in [0.25, 0.3) is 0 Å². The number of quaternary nitrogens is 1. The van der Waals surface area contributed by atoms with Crippen LogP contribution in [0.3, 0.4) is 0 Å². The van der Waals surface area contributed by atoms with Gasteiger partial charge in [0.1, 0.15) is 19.8 Å². The number of phosphoric acid groups is 1. The molecule has 462 valence electrons. The van der Waals surface area contributed by atoms with Gasteiger partial charge in [0.15, 0.2) is 6.10 Å². The maximum Gasteiger partial charge on any atom is 0.306 e. The minimum absolute atomic E-state index is 0.0407. The minimum Gasteiger partial charge on any atom is -0.756 e. The molecule has 2 atom stereocenters. The highest BCUT2D eigenvalue weighted by Crippen LogP contribution is 2.38. The summed E-state index contributed by atoms with van der Waals surface area (Å²) < 4.78 is 34.2. The van der Waals surface area contributed by atoms with Crippen molar-refractivity contribution in [3.05, 3.63) is 97.2 Å². The number of rotatable bonds is 60. The Kier molecular flexibility index (Phi) is 58.2. The molecular formula is C70H124NO8P. The third-order valence-corrected chi connectivity index (χ3v) is 15.1. The molecule has 0 aromatic heterocycles. The second kappa shape index (κ2) is 60.5. The van der Waals surface area contributed by atoms with Gasteiger partial charge in [0, 0.05) is 12.8 Å². The van der Waals surface area contributed by atoms with E-state index in [0.717, 1.165) is 83.5 Å². The van der Waals surface area contributed by atoms with Crippen molar-refractivity contribution in [3.8, 4) is 0 Å². The Bertz CT molecular complexity index is 1670. The van der Waals surface area contributed by atoms with Crippen LogP contribution in [0.1, 0.15) is 284 Å². The van der Waals surface area contributed by atoms with E-state index in [4.69, 9.17) is 18.5 Å². The zero-order chi connectivity index (χ0) is 58.4. The van der Waals surface area contributed by atoms with Gasteiger partial charge in [0.05, 0.1) is 27.7 Å². The summed E-state index contributed by atoms with van der Waals surface area (Å²) >= 11 is 0. The Morgan fingerprint density at radius 2 is 0.713 bits per heavy atom. The van der Waals surface area contributed by atoms with Crippen LogP contribution >= 0.6 is 7.82 Å². The Hall–Kier alpha value is -3.07. The van der Waals surface area contributed by atoms with Crippen molar-refractivity contribution in [2.24, 2.45) is 0 Å². The minimum atomic E-state index is -4.65. The Labute approximate surface area is 493 Å². The molecule has 10 heteroatoms. The molecule has 0 aliphatic rings. The van der Waals surface area contributed by atoms with Gasteiger partial charge in [-0.05, 0) is 96.3 Å². The van der Waals surface area contributed by atoms with Gasteiger partial charge in [-0.1, -0.05) is 272 Å². The Balaban J connectivity index is 4.00. The molecule has 0 aromatic rings. The van der Waals surface area contributed by atoms with Gasteiger partial charge in [-0.3, -0.25) is 14.2 Å². The van der Waals surface area contributed by atoms with Gasteiger partial charge in [-0.2, -0.15) is 0 Å². The molecule has 0 aromatic carbocycles. The number of ether oxygens (including phenoxy) is 2. The number of hydrogen-bond donors (Lipinski definition) is 0. The molecule has 0 bridgehead atoms. The number of allylic oxidation sites excluding steroid dienone is 16. The van der Waals surface area contributed by atoms with Gasteiger partial charge >= 0.3 is 11.9 Å². The molecule has 9 nitrogen and oxygen atoms in total. The van der Waals surface area contributed by atoms with E-state index in [9.17, 15) is 19.0 Å². The molecule has 0 heterocycles. The lowest BCUT2D eigenvalue weighted by Gasteiger charge is -2.28. The van der Waals surface area contributed by atoms with Crippen LogP contribution in [0.5, 0.6) is 0 Å². The fraction of sp³-hybridized carbons (Fsp3) is 0.743. The lowest BCUT2D eigenvalue weighted by atomic mass is 10.0. The maximum absolute atomic E-state index is 12.8. The molecule has 2 unspecified atom stereocenters. The zero-order valence-electron chi connectivity index (χ0n) is 52.5. The van der Waals surface area contributed by atoms with Crippen molar-refractivity contribution >= 4 is 19.8 Å². The van der Waals surface area contributed by atoms with Crippen LogP contribution in [0.15, 0.2) is 97.2 Å². The average molecular weight is 1140 g/mol. The van der Waals surface area contributed by atoms with Crippen LogP contribution in [-0.2, 0) is 32.7 Å². The first-order valence-corrected chi connectivity index (χ1v) is 34.4. The topological polar surface area (TPSA) is 111 Å². The summed E-state index contributed by atoms with van der Waals surface area (Å²) in [4.78, 5) is 37.9. The number of likely N-dealkylation sites (N-methyl/N-ethyl adjacent to an activating group) is 1. The predicted molar refractivity (Wildman–Crippen MR) is 342 cm³/mol. The first-order valence-electron chi connectivity index (χ1n) is 32.9. The molecule has 0 fully saturated rings. The molecule has 0 radical (unpaired) electrons. The summed E-state index contributed by atoms with van der Waals surface area (Å²) in [6.45, 7) is 4.09. The molecule has 0 N–H and O–H groups in total. The van der Waals surface area contributed by atoms with Crippen molar-refractivity contribution < 1.29 is 42.1 Å². The largest absolute Gasteiger partial charge is 0.756 e. The zero-order valence-corrected chi connectivity index (χ0v) is 53.4. The molecule has 0 saturated heterocycles. The fourth-order valence-electron chi connectivity index (χ4n) is 9.04. The van der Waals surface area contributed by atoms with Crippen LogP contribution in [0, 0.1) is 0 Å². The first-order chi connectivity index (χ1) is 39.0. The smallest absolute Gasteiger partial charge is 0.306 e. The van der Waals surface area contributed by atoms with Gasteiger partial charge in [-0.15, -0.1) is 0 Å². The lowest BCUT2D eigenvalue weighted by molar-refractivity contribution is -0.870. The number of carbonyl (C=O) groups is 2. The van der Waals surface area contributed by atoms with E-state index in [0.29, 0.717) is 17.4 Å². The Morgan fingerprint density at radius 1 is 0.400 bits per heavy atom. The molecule has 0 aliphatic carbocycles. The quantitative estimate of drug-likeness (QED) is 0.0195. The number of esters is 2. The van der Waals surface area contributed by atoms with Crippen LogP contribution in [0.2, 0.25) is 0 Å². The molecule has 0 amide bonds. The third-order valence-electron chi connectivity index (χ3n) is 14.1. The van der Waals surface area contributed by atoms with E-state index in [1.54, 1.807) is 0 Å². The summed E-state index contributed by atoms with van der Waals surface area (Å²) in [7, 11) is 1.14. The second-order valence-corrected chi connectivity index (χ2v) is 24.5. The maximum atomic E-state index is 12.8. The van der Waals surface area contributed by atoms with E-state index in [-0.39, 0.29) is 26.1 Å². The summed E-state index contributed by atoms with van der Waals surface area (Å²) in [5.74, 6) is -0.867. The fourth-order valence-corrected chi connectivity index (χ4v) is 9.77. The highest BCUT2D eigenvalue weighted by atomic mass is 31.2. The summed E-state index contributed by atoms with van der Waals surface area (Å²) in [6.07, 6.45) is 83.5. The molecule has 80 heavy (non-hydrogen) atoms. The van der Waals surface area contributed by atoms with Crippen molar-refractivity contribution in [2.75, 3.05) is 47.5 Å². The Morgan fingerprint density at radius 3 is 1.07 bits per heavy atom. The molecule has 0 spiro atoms. The number of phosphoric ester groups is 1. The normalized spacial score (nSPS) is 13.8. The van der Waals surface area contributed by atoms with E-state index >= 15 is 0 Å². The molecule has 0 aliphatic heterocycles. The van der Waals surface area contributed by atoms with E-state index in [1.807, 2.05) is 21.1 Å². The highest BCUT2D eigenvalue weighted by Gasteiger charge is 2.22. The molecular weight excluding hydrogens is 1010 g/mol. The van der Waals surface area contributed by atoms with Gasteiger partial charge in [0.25, 0.3) is 7.82 Å². The van der Waals surface area contributed by atoms with Crippen molar-refractivity contribution in [1.29, 1.82) is 0 Å². The van der Waals surface area contributed by atoms with Crippen LogP contribution < -0.4 is 4.89 Å². The van der Waals surface area contributed by atoms with Crippen LogP contribution in [-0.4, -0.2) is 70.0 Å². The van der Waals surface area contributed by atoms with E-state index < -0.39 is 32.5 Å². The molecule has 0 saturated carbocycles. The lowest BCUT2D eigenvalue weighted by Crippen LogP contribution is -2.37. The average Bonchev–Trinajstić information content (AvgIpc) is 3.42. The first kappa shape index (κ1) is 76.9. The summed E-state index contributed by atoms with van der Waals surface area (Å²) in [6, 6.07) is 0. The number of unbranched alkanes of at least 4 members (excludes halogenated alkanes) is 30. The standard InChI is InChI=1S/C70H124NO8P/c1-6-8-10-12-14-16-18-20-22-24-26-27-28-29-30-31-32-33-34-35-36-37-38-39-40-41-42-43-45-46-48-50-52-54-56-58-60-62-69(72)76-66-68(67-78-80(74,75)77-65-64-71(3,4)5)79-70(73)63-61-59-57-55-53-51-49-47-44-25-23-21-19-17-15-13-11-9-7-2/h9,11,15,17-18,20-21,23-24,26,28-29,44,47,51,53,68H,6-8,10,12-14,16,19,22,25,27,30-43,45-46,48-50,52,54-67H2,1-5H3/b11-9-,17-15-,20-18-,23-21-,26-24-,29-28-,47-44-,53-51-. The van der Waals surface area contributed by atoms with Gasteiger partial charge in [0.2, 0.25) is 0 Å². The van der Waals surface area contributed by atoms with Gasteiger partial charge < -0.3 is 27.9 Å². The van der Waals surface area contributed by atoms with E-state index in [1.165, 1.54) is 167 Å². The van der Waals surface area contributed by atoms with E-state index in [2.05, 4.69) is 111 Å². The monoisotopic (exact) mass is 1140 g/mol. The van der Waals surface area contributed by atoms with Crippen molar-refractivity contribution in [3.63, 3.8) is 0 Å². The predicted octanol–water partition coefficient (Wildman–Crippen LogP) is 20.5. The number of hydrogen-bond acceptors (Lipinski definition) is 8. The second-order valence-electron chi connectivity index (χ2n) is 23.1. The van der Waals surface area contributed by atoms with Crippen molar-refractivity contribution in [2.45, 2.75) is 290 Å². The molecule has 0 rings (SSSR count). The number of nitrogens with zero attached hydrogens (tertiary/aromatic N) is 1. The SMILES string of the molecule is CC/C=C\C/C=C\C/C=C\C/C=C\C/C=C\CCCCCC(=O)OC(COC(=O)CCCCCCCCCCCCCCCCCCCCCCCC/C=C\C/C=C\C/C=C\CCCCCCC)COP(=O)([O-])OCC[N+](C)(C)C. The highest BCUT2D eigenvalue weighted by molar-refractivity contribution is 7.45.